The molecule has 0 aliphatic heterocycles. The molecule has 0 bridgehead atoms. The molecule has 0 spiro atoms. The second-order valence-corrected chi connectivity index (χ2v) is 4.74. The van der Waals surface area contributed by atoms with Crippen molar-refractivity contribution in [1.29, 1.82) is 0 Å². The standard InChI is InChI=1S/C15H11ClN2O2/c16-13-8-18-14-2-1-10(7-12(13)14)9-20-15(19)11-3-5-17-6-4-11/h1-8,18H,9H2. The molecule has 1 aromatic carbocycles. The van der Waals surface area contributed by atoms with Crippen molar-refractivity contribution in [1.82, 2.24) is 9.97 Å². The fraction of sp³-hybridized carbons (Fsp3) is 0.0667. The SMILES string of the molecule is O=C(OCc1ccc2[nH]cc(Cl)c2c1)c1ccncc1. The number of H-pyrrole nitrogens is 1. The molecule has 0 amide bonds. The number of aromatic nitrogens is 2. The fourth-order valence-corrected chi connectivity index (χ4v) is 2.15. The molecule has 0 radical (unpaired) electrons. The van der Waals surface area contributed by atoms with Crippen LogP contribution in [0.15, 0.2) is 48.9 Å². The molecule has 0 fully saturated rings. The Morgan fingerprint density at radius 2 is 2.05 bits per heavy atom. The van der Waals surface area contributed by atoms with Gasteiger partial charge in [-0.05, 0) is 29.8 Å². The number of hydrogen-bond acceptors (Lipinski definition) is 3. The number of rotatable bonds is 3. The molecule has 5 heteroatoms. The lowest BCUT2D eigenvalue weighted by molar-refractivity contribution is 0.0472. The number of nitrogens with zero attached hydrogens (tertiary/aromatic N) is 1. The molecule has 0 aliphatic carbocycles. The molecule has 0 unspecified atom stereocenters. The minimum atomic E-state index is -0.368. The molecule has 0 saturated carbocycles. The highest BCUT2D eigenvalue weighted by Crippen LogP contribution is 2.24. The number of fused-ring (bicyclic) bond motifs is 1. The normalized spacial score (nSPS) is 10.7. The van der Waals surface area contributed by atoms with E-state index in [1.807, 2.05) is 18.2 Å². The zero-order valence-electron chi connectivity index (χ0n) is 10.5. The van der Waals surface area contributed by atoms with Gasteiger partial charge in [-0.1, -0.05) is 17.7 Å². The van der Waals surface area contributed by atoms with Gasteiger partial charge in [-0.2, -0.15) is 0 Å². The maximum Gasteiger partial charge on any atom is 0.338 e. The lowest BCUT2D eigenvalue weighted by Gasteiger charge is -2.05. The molecule has 4 nitrogen and oxygen atoms in total. The number of pyridine rings is 1. The van der Waals surface area contributed by atoms with Crippen LogP contribution in [0.3, 0.4) is 0 Å². The molecule has 1 N–H and O–H groups in total. The number of halogens is 1. The van der Waals surface area contributed by atoms with Crippen molar-refractivity contribution in [2.45, 2.75) is 6.61 Å². The summed E-state index contributed by atoms with van der Waals surface area (Å²) in [6, 6.07) is 8.96. The topological polar surface area (TPSA) is 55.0 Å². The number of esters is 1. The first kappa shape index (κ1) is 12.7. The second-order valence-electron chi connectivity index (χ2n) is 4.33. The lowest BCUT2D eigenvalue weighted by atomic mass is 10.2. The average Bonchev–Trinajstić information content (AvgIpc) is 2.87. The third kappa shape index (κ3) is 2.51. The summed E-state index contributed by atoms with van der Waals surface area (Å²) in [5.74, 6) is -0.368. The van der Waals surface area contributed by atoms with E-state index in [1.165, 1.54) is 0 Å². The summed E-state index contributed by atoms with van der Waals surface area (Å²) >= 11 is 6.06. The van der Waals surface area contributed by atoms with Crippen LogP contribution in [0.25, 0.3) is 10.9 Å². The van der Waals surface area contributed by atoms with Crippen LogP contribution in [-0.4, -0.2) is 15.9 Å². The highest BCUT2D eigenvalue weighted by molar-refractivity contribution is 6.35. The Morgan fingerprint density at radius 1 is 1.25 bits per heavy atom. The van der Waals surface area contributed by atoms with E-state index in [-0.39, 0.29) is 12.6 Å². The molecule has 0 saturated heterocycles. The van der Waals surface area contributed by atoms with Crippen LogP contribution >= 0.6 is 11.6 Å². The van der Waals surface area contributed by atoms with Gasteiger partial charge in [0.2, 0.25) is 0 Å². The minimum Gasteiger partial charge on any atom is -0.457 e. The maximum absolute atomic E-state index is 11.8. The Morgan fingerprint density at radius 3 is 2.85 bits per heavy atom. The third-order valence-electron chi connectivity index (χ3n) is 2.98. The van der Waals surface area contributed by atoms with Crippen LogP contribution in [0.4, 0.5) is 0 Å². The molecule has 20 heavy (non-hydrogen) atoms. The quantitative estimate of drug-likeness (QED) is 0.749. The maximum atomic E-state index is 11.8. The zero-order valence-corrected chi connectivity index (χ0v) is 11.2. The molecule has 0 aliphatic rings. The van der Waals surface area contributed by atoms with Gasteiger partial charge in [0.1, 0.15) is 6.61 Å². The smallest absolute Gasteiger partial charge is 0.338 e. The summed E-state index contributed by atoms with van der Waals surface area (Å²) in [6.45, 7) is 0.207. The number of hydrogen-bond donors (Lipinski definition) is 1. The number of ether oxygens (including phenoxy) is 1. The van der Waals surface area contributed by atoms with Crippen molar-refractivity contribution in [2.75, 3.05) is 0 Å². The van der Waals surface area contributed by atoms with Crippen molar-refractivity contribution >= 4 is 28.5 Å². The lowest BCUT2D eigenvalue weighted by Crippen LogP contribution is -2.05. The van der Waals surface area contributed by atoms with Gasteiger partial charge in [0, 0.05) is 29.5 Å². The van der Waals surface area contributed by atoms with Gasteiger partial charge < -0.3 is 9.72 Å². The van der Waals surface area contributed by atoms with Gasteiger partial charge in [-0.15, -0.1) is 0 Å². The molecule has 100 valence electrons. The van der Waals surface area contributed by atoms with Crippen molar-refractivity contribution in [3.8, 4) is 0 Å². The summed E-state index contributed by atoms with van der Waals surface area (Å²) in [6.07, 6.45) is 4.85. The van der Waals surface area contributed by atoms with Crippen LogP contribution in [0, 0.1) is 0 Å². The molecule has 3 aromatic rings. The first-order chi connectivity index (χ1) is 9.74. The number of benzene rings is 1. The van der Waals surface area contributed by atoms with Crippen LogP contribution in [0.1, 0.15) is 15.9 Å². The Labute approximate surface area is 120 Å². The van der Waals surface area contributed by atoms with Gasteiger partial charge in [0.25, 0.3) is 0 Å². The van der Waals surface area contributed by atoms with E-state index in [2.05, 4.69) is 9.97 Å². The molecule has 3 rings (SSSR count). The predicted octanol–water partition coefficient (Wildman–Crippen LogP) is 3.57. The third-order valence-corrected chi connectivity index (χ3v) is 3.29. The van der Waals surface area contributed by atoms with Gasteiger partial charge >= 0.3 is 5.97 Å². The molecule has 0 atom stereocenters. The monoisotopic (exact) mass is 286 g/mol. The molecular formula is C15H11ClN2O2. The van der Waals surface area contributed by atoms with E-state index in [0.717, 1.165) is 16.5 Å². The summed E-state index contributed by atoms with van der Waals surface area (Å²) in [7, 11) is 0. The van der Waals surface area contributed by atoms with Crippen LogP contribution in [-0.2, 0) is 11.3 Å². The van der Waals surface area contributed by atoms with Crippen molar-refractivity contribution in [3.63, 3.8) is 0 Å². The van der Waals surface area contributed by atoms with E-state index in [0.29, 0.717) is 10.6 Å². The highest BCUT2D eigenvalue weighted by Gasteiger charge is 2.08. The molecule has 2 heterocycles. The van der Waals surface area contributed by atoms with E-state index in [4.69, 9.17) is 16.3 Å². The minimum absolute atomic E-state index is 0.207. The summed E-state index contributed by atoms with van der Waals surface area (Å²) in [4.78, 5) is 18.7. The van der Waals surface area contributed by atoms with Gasteiger partial charge in [-0.25, -0.2) is 4.79 Å². The van der Waals surface area contributed by atoms with E-state index >= 15 is 0 Å². The largest absolute Gasteiger partial charge is 0.457 e. The second kappa shape index (κ2) is 5.35. The summed E-state index contributed by atoms with van der Waals surface area (Å²) in [5, 5.41) is 1.58. The van der Waals surface area contributed by atoms with Crippen molar-refractivity contribution < 1.29 is 9.53 Å². The van der Waals surface area contributed by atoms with E-state index < -0.39 is 0 Å². The fourth-order valence-electron chi connectivity index (χ4n) is 1.94. The Balaban J connectivity index is 1.74. The Hall–Kier alpha value is -2.33. The van der Waals surface area contributed by atoms with Crippen LogP contribution in [0.5, 0.6) is 0 Å². The molecular weight excluding hydrogens is 276 g/mol. The number of carbonyl (C=O) groups is 1. The predicted molar refractivity (Wildman–Crippen MR) is 76.7 cm³/mol. The van der Waals surface area contributed by atoms with Crippen molar-refractivity contribution in [2.24, 2.45) is 0 Å². The number of carbonyl (C=O) groups excluding carboxylic acids is 1. The zero-order chi connectivity index (χ0) is 13.9. The van der Waals surface area contributed by atoms with Crippen molar-refractivity contribution in [3.05, 3.63) is 65.1 Å². The highest BCUT2D eigenvalue weighted by atomic mass is 35.5. The van der Waals surface area contributed by atoms with Crippen LogP contribution < -0.4 is 0 Å². The van der Waals surface area contributed by atoms with Gasteiger partial charge in [0.15, 0.2) is 0 Å². The van der Waals surface area contributed by atoms with Gasteiger partial charge in [-0.3, -0.25) is 4.98 Å². The summed E-state index contributed by atoms with van der Waals surface area (Å²) < 4.78 is 5.26. The average molecular weight is 287 g/mol. The Bertz CT molecular complexity index is 753. The van der Waals surface area contributed by atoms with Gasteiger partial charge in [0.05, 0.1) is 10.6 Å². The first-order valence-electron chi connectivity index (χ1n) is 6.07. The number of nitrogens with one attached hydrogen (secondary N) is 1. The molecule has 2 aromatic heterocycles. The summed E-state index contributed by atoms with van der Waals surface area (Å²) in [5.41, 5.74) is 2.33. The number of aromatic amines is 1. The first-order valence-corrected chi connectivity index (χ1v) is 6.44. The van der Waals surface area contributed by atoms with E-state index in [1.54, 1.807) is 30.7 Å². The Kier molecular flexibility index (Phi) is 3.39. The van der Waals surface area contributed by atoms with E-state index in [9.17, 15) is 4.79 Å². The van der Waals surface area contributed by atoms with Crippen LogP contribution in [0.2, 0.25) is 5.02 Å².